The largest absolute Gasteiger partial charge is 0.392 e. The summed E-state index contributed by atoms with van der Waals surface area (Å²) in [4.78, 5) is 14.1. The standard InChI is InChI=1S/C27H36N2O4/c1-20(31)28-24-9-7-8-23(16-24)27-32-25(18-29-14-5-3-2-4-6-15-29)17-26(33-27)22-12-10-21(19-30)11-13-22/h7-13,16,25-27,30H,2-6,14-15,17-19H2,1H3,(H,28,31)/t25-,26+,27+/m1/s1. The molecule has 0 spiro atoms. The van der Waals surface area contributed by atoms with E-state index in [0.29, 0.717) is 0 Å². The van der Waals surface area contributed by atoms with E-state index in [2.05, 4.69) is 10.2 Å². The zero-order valence-corrected chi connectivity index (χ0v) is 19.5. The number of ether oxygens (including phenoxy) is 2. The maximum atomic E-state index is 11.5. The third-order valence-corrected chi connectivity index (χ3v) is 6.50. The number of amides is 1. The smallest absolute Gasteiger partial charge is 0.221 e. The van der Waals surface area contributed by atoms with Crippen LogP contribution >= 0.6 is 0 Å². The van der Waals surface area contributed by atoms with Crippen LogP contribution in [0.5, 0.6) is 0 Å². The second-order valence-corrected chi connectivity index (χ2v) is 9.23. The monoisotopic (exact) mass is 452 g/mol. The number of aliphatic hydroxyl groups excluding tert-OH is 1. The summed E-state index contributed by atoms with van der Waals surface area (Å²) in [6.45, 7) is 4.69. The Bertz CT molecular complexity index is 893. The van der Waals surface area contributed by atoms with Gasteiger partial charge in [-0.1, -0.05) is 55.7 Å². The molecule has 2 heterocycles. The van der Waals surface area contributed by atoms with Crippen LogP contribution in [0.25, 0.3) is 0 Å². The van der Waals surface area contributed by atoms with Crippen molar-refractivity contribution >= 4 is 11.6 Å². The van der Waals surface area contributed by atoms with E-state index in [-0.39, 0.29) is 24.7 Å². The van der Waals surface area contributed by atoms with E-state index in [1.807, 2.05) is 48.5 Å². The summed E-state index contributed by atoms with van der Waals surface area (Å²) in [6.07, 6.45) is 6.70. The number of carbonyl (C=O) groups is 1. The van der Waals surface area contributed by atoms with E-state index in [1.54, 1.807) is 0 Å². The fourth-order valence-electron chi connectivity index (χ4n) is 4.78. The van der Waals surface area contributed by atoms with Gasteiger partial charge in [0.1, 0.15) is 0 Å². The summed E-state index contributed by atoms with van der Waals surface area (Å²) in [5, 5.41) is 12.2. The maximum absolute atomic E-state index is 11.5. The molecule has 2 aromatic carbocycles. The van der Waals surface area contributed by atoms with Crippen molar-refractivity contribution in [1.82, 2.24) is 4.90 Å². The van der Waals surface area contributed by atoms with Gasteiger partial charge >= 0.3 is 0 Å². The van der Waals surface area contributed by atoms with Crippen molar-refractivity contribution in [2.24, 2.45) is 0 Å². The maximum Gasteiger partial charge on any atom is 0.221 e. The van der Waals surface area contributed by atoms with Gasteiger partial charge in [0.15, 0.2) is 6.29 Å². The molecule has 2 N–H and O–H groups in total. The lowest BCUT2D eigenvalue weighted by Gasteiger charge is -2.39. The minimum absolute atomic E-state index is 0.0328. The fourth-order valence-corrected chi connectivity index (χ4v) is 4.78. The van der Waals surface area contributed by atoms with Gasteiger partial charge in [0.2, 0.25) is 5.91 Å². The average Bonchev–Trinajstić information content (AvgIpc) is 2.80. The number of nitrogens with one attached hydrogen (secondary N) is 1. The first-order chi connectivity index (χ1) is 16.1. The van der Waals surface area contributed by atoms with Gasteiger partial charge in [-0.3, -0.25) is 4.79 Å². The van der Waals surface area contributed by atoms with Gasteiger partial charge < -0.3 is 24.8 Å². The van der Waals surface area contributed by atoms with Crippen molar-refractivity contribution in [1.29, 1.82) is 0 Å². The molecule has 2 aliphatic heterocycles. The van der Waals surface area contributed by atoms with Crippen molar-refractivity contribution in [3.63, 3.8) is 0 Å². The molecule has 2 aliphatic rings. The Kier molecular flexibility index (Phi) is 8.51. The van der Waals surface area contributed by atoms with Crippen LogP contribution in [0.4, 0.5) is 5.69 Å². The summed E-state index contributed by atoms with van der Waals surface area (Å²) >= 11 is 0. The Morgan fingerprint density at radius 1 is 1.00 bits per heavy atom. The summed E-state index contributed by atoms with van der Waals surface area (Å²) in [5.41, 5.74) is 3.62. The van der Waals surface area contributed by atoms with Gasteiger partial charge in [0.25, 0.3) is 0 Å². The van der Waals surface area contributed by atoms with E-state index in [4.69, 9.17) is 9.47 Å². The minimum atomic E-state index is -0.505. The van der Waals surface area contributed by atoms with E-state index in [1.165, 1.54) is 39.0 Å². The van der Waals surface area contributed by atoms with Crippen molar-refractivity contribution in [2.45, 2.75) is 70.6 Å². The Hall–Kier alpha value is -2.25. The number of rotatable bonds is 6. The molecule has 3 atom stereocenters. The molecule has 2 aromatic rings. The Morgan fingerprint density at radius 3 is 2.42 bits per heavy atom. The molecule has 0 bridgehead atoms. The zero-order chi connectivity index (χ0) is 23.0. The summed E-state index contributed by atoms with van der Waals surface area (Å²) < 4.78 is 12.9. The van der Waals surface area contributed by atoms with Crippen LogP contribution in [0, 0.1) is 0 Å². The summed E-state index contributed by atoms with van der Waals surface area (Å²) in [6, 6.07) is 15.7. The quantitative estimate of drug-likeness (QED) is 0.649. The van der Waals surface area contributed by atoms with Crippen LogP contribution in [-0.4, -0.2) is 41.7 Å². The molecule has 4 rings (SSSR count). The van der Waals surface area contributed by atoms with Gasteiger partial charge in [-0.25, -0.2) is 0 Å². The summed E-state index contributed by atoms with van der Waals surface area (Å²) in [5.74, 6) is -0.102. The summed E-state index contributed by atoms with van der Waals surface area (Å²) in [7, 11) is 0. The molecule has 6 nitrogen and oxygen atoms in total. The van der Waals surface area contributed by atoms with Crippen LogP contribution in [0.1, 0.15) is 74.5 Å². The number of hydrogen-bond acceptors (Lipinski definition) is 5. The predicted molar refractivity (Wildman–Crippen MR) is 129 cm³/mol. The van der Waals surface area contributed by atoms with Gasteiger partial charge in [-0.15, -0.1) is 0 Å². The molecular formula is C27H36N2O4. The van der Waals surface area contributed by atoms with E-state index < -0.39 is 6.29 Å². The molecule has 2 fully saturated rings. The molecule has 0 radical (unpaired) electrons. The first-order valence-electron chi connectivity index (χ1n) is 12.2. The number of hydrogen-bond donors (Lipinski definition) is 2. The highest BCUT2D eigenvalue weighted by molar-refractivity contribution is 5.88. The molecule has 2 saturated heterocycles. The third kappa shape index (κ3) is 6.87. The number of nitrogens with zero attached hydrogens (tertiary/aromatic N) is 1. The number of likely N-dealkylation sites (tertiary alicyclic amines) is 1. The van der Waals surface area contributed by atoms with Gasteiger partial charge in [-0.2, -0.15) is 0 Å². The van der Waals surface area contributed by atoms with E-state index in [9.17, 15) is 9.90 Å². The number of aliphatic hydroxyl groups is 1. The highest BCUT2D eigenvalue weighted by atomic mass is 16.7. The van der Waals surface area contributed by atoms with Crippen LogP contribution < -0.4 is 5.32 Å². The first-order valence-corrected chi connectivity index (χ1v) is 12.2. The Labute approximate surface area is 196 Å². The lowest BCUT2D eigenvalue weighted by Crippen LogP contribution is -2.40. The third-order valence-electron chi connectivity index (χ3n) is 6.50. The molecule has 33 heavy (non-hydrogen) atoms. The van der Waals surface area contributed by atoms with Gasteiger partial charge in [0, 0.05) is 31.1 Å². The lowest BCUT2D eigenvalue weighted by molar-refractivity contribution is -0.253. The predicted octanol–water partition coefficient (Wildman–Crippen LogP) is 4.95. The van der Waals surface area contributed by atoms with E-state index in [0.717, 1.165) is 48.4 Å². The molecule has 0 unspecified atom stereocenters. The molecule has 0 saturated carbocycles. The molecule has 0 aromatic heterocycles. The van der Waals surface area contributed by atoms with Crippen molar-refractivity contribution in [3.05, 3.63) is 65.2 Å². The van der Waals surface area contributed by atoms with Crippen LogP contribution in [-0.2, 0) is 20.9 Å². The normalized spacial score (nSPS) is 24.6. The molecule has 1 amide bonds. The van der Waals surface area contributed by atoms with Crippen molar-refractivity contribution in [2.75, 3.05) is 25.0 Å². The zero-order valence-electron chi connectivity index (χ0n) is 19.5. The van der Waals surface area contributed by atoms with Gasteiger partial charge in [0.05, 0.1) is 18.8 Å². The Morgan fingerprint density at radius 2 is 1.73 bits per heavy atom. The van der Waals surface area contributed by atoms with Crippen LogP contribution in [0.15, 0.2) is 48.5 Å². The molecule has 178 valence electrons. The van der Waals surface area contributed by atoms with Crippen LogP contribution in [0.2, 0.25) is 0 Å². The lowest BCUT2D eigenvalue weighted by atomic mass is 9.99. The van der Waals surface area contributed by atoms with Crippen LogP contribution in [0.3, 0.4) is 0 Å². The second-order valence-electron chi connectivity index (χ2n) is 9.23. The SMILES string of the molecule is CC(=O)Nc1cccc([C@H]2O[C@@H](CN3CCCCCCC3)C[C@@H](c3ccc(CO)cc3)O2)c1. The Balaban J connectivity index is 1.54. The first kappa shape index (κ1) is 23.9. The highest BCUT2D eigenvalue weighted by Gasteiger charge is 2.33. The average molecular weight is 453 g/mol. The van der Waals surface area contributed by atoms with Crippen molar-refractivity contribution in [3.8, 4) is 0 Å². The molecule has 0 aliphatic carbocycles. The molecular weight excluding hydrogens is 416 g/mol. The number of anilines is 1. The molecule has 6 heteroatoms. The second kappa shape index (κ2) is 11.7. The number of benzene rings is 2. The number of carbonyl (C=O) groups excluding carboxylic acids is 1. The fraction of sp³-hybridized carbons (Fsp3) is 0.519. The highest BCUT2D eigenvalue weighted by Crippen LogP contribution is 2.38. The topological polar surface area (TPSA) is 71.0 Å². The van der Waals surface area contributed by atoms with E-state index >= 15 is 0 Å². The van der Waals surface area contributed by atoms with Crippen molar-refractivity contribution < 1.29 is 19.4 Å². The minimum Gasteiger partial charge on any atom is -0.392 e. The van der Waals surface area contributed by atoms with Gasteiger partial charge in [-0.05, 0) is 49.2 Å².